The van der Waals surface area contributed by atoms with Gasteiger partial charge < -0.3 is 10.6 Å². The molecule has 92 valence electrons. The molecule has 0 saturated carbocycles. The smallest absolute Gasteiger partial charge is 0.254 e. The van der Waals surface area contributed by atoms with E-state index in [0.29, 0.717) is 4.47 Å². The third kappa shape index (κ3) is 3.26. The van der Waals surface area contributed by atoms with E-state index in [2.05, 4.69) is 26.6 Å². The average molecular weight is 301 g/mol. The van der Waals surface area contributed by atoms with Gasteiger partial charge in [-0.3, -0.25) is 4.79 Å². The number of nitrogens with one attached hydrogen (secondary N) is 2. The zero-order valence-electron chi connectivity index (χ0n) is 9.30. The number of halogens is 2. The molecule has 5 heteroatoms. The highest BCUT2D eigenvalue weighted by atomic mass is 79.9. The van der Waals surface area contributed by atoms with Crippen LogP contribution in [0.15, 0.2) is 22.7 Å². The Morgan fingerprint density at radius 2 is 2.12 bits per heavy atom. The van der Waals surface area contributed by atoms with Gasteiger partial charge in [-0.2, -0.15) is 0 Å². The van der Waals surface area contributed by atoms with Crippen LogP contribution in [-0.2, 0) is 0 Å². The second-order valence-corrected chi connectivity index (χ2v) is 5.04. The van der Waals surface area contributed by atoms with Crippen LogP contribution in [0, 0.1) is 5.82 Å². The first-order valence-electron chi connectivity index (χ1n) is 5.63. The number of carbonyl (C=O) groups excluding carboxylic acids is 1. The molecule has 0 aromatic heterocycles. The largest absolute Gasteiger partial charge is 0.349 e. The van der Waals surface area contributed by atoms with Gasteiger partial charge in [0.2, 0.25) is 0 Å². The zero-order valence-corrected chi connectivity index (χ0v) is 10.9. The summed E-state index contributed by atoms with van der Waals surface area (Å²) in [6.45, 7) is 1.79. The molecule has 2 rings (SSSR count). The van der Waals surface area contributed by atoms with Crippen molar-refractivity contribution < 1.29 is 9.18 Å². The molecule has 1 saturated heterocycles. The SMILES string of the molecule is O=C(NC1CCNCC1)c1cc(Br)ccc1F. The molecule has 1 fully saturated rings. The fourth-order valence-electron chi connectivity index (χ4n) is 1.90. The zero-order chi connectivity index (χ0) is 12.3. The first-order chi connectivity index (χ1) is 8.16. The van der Waals surface area contributed by atoms with Crippen molar-refractivity contribution in [1.29, 1.82) is 0 Å². The number of hydrogen-bond donors (Lipinski definition) is 2. The minimum atomic E-state index is -0.486. The van der Waals surface area contributed by atoms with Gasteiger partial charge in [-0.15, -0.1) is 0 Å². The van der Waals surface area contributed by atoms with Crippen LogP contribution in [0.4, 0.5) is 4.39 Å². The van der Waals surface area contributed by atoms with E-state index in [-0.39, 0.29) is 17.5 Å². The molecule has 1 aromatic carbocycles. The molecule has 1 aromatic rings. The lowest BCUT2D eigenvalue weighted by Crippen LogP contribution is -2.42. The van der Waals surface area contributed by atoms with E-state index < -0.39 is 5.82 Å². The normalized spacial score (nSPS) is 16.8. The molecular formula is C12H14BrFN2O. The van der Waals surface area contributed by atoms with Gasteiger partial charge in [0.05, 0.1) is 5.56 Å². The van der Waals surface area contributed by atoms with Gasteiger partial charge in [0.15, 0.2) is 0 Å². The van der Waals surface area contributed by atoms with Crippen LogP contribution < -0.4 is 10.6 Å². The molecule has 0 spiro atoms. The maximum atomic E-state index is 13.5. The number of carbonyl (C=O) groups is 1. The summed E-state index contributed by atoms with van der Waals surface area (Å²) in [5, 5.41) is 6.08. The molecule has 3 nitrogen and oxygen atoms in total. The number of amides is 1. The molecule has 0 aliphatic carbocycles. The van der Waals surface area contributed by atoms with Gasteiger partial charge in [-0.1, -0.05) is 15.9 Å². The number of hydrogen-bond acceptors (Lipinski definition) is 2. The van der Waals surface area contributed by atoms with E-state index >= 15 is 0 Å². The van der Waals surface area contributed by atoms with Gasteiger partial charge in [-0.05, 0) is 44.1 Å². The third-order valence-electron chi connectivity index (χ3n) is 2.85. The predicted molar refractivity (Wildman–Crippen MR) is 67.5 cm³/mol. The quantitative estimate of drug-likeness (QED) is 0.878. The van der Waals surface area contributed by atoms with Crippen molar-refractivity contribution in [1.82, 2.24) is 10.6 Å². The van der Waals surface area contributed by atoms with Crippen LogP contribution in [0.1, 0.15) is 23.2 Å². The molecule has 1 heterocycles. The fraction of sp³-hybridized carbons (Fsp3) is 0.417. The van der Waals surface area contributed by atoms with Gasteiger partial charge in [0.25, 0.3) is 5.91 Å². The predicted octanol–water partition coefficient (Wildman–Crippen LogP) is 2.07. The Balaban J connectivity index is 2.05. The summed E-state index contributed by atoms with van der Waals surface area (Å²) in [5.41, 5.74) is 0.0953. The lowest BCUT2D eigenvalue weighted by Gasteiger charge is -2.23. The molecule has 0 bridgehead atoms. The summed E-state index contributed by atoms with van der Waals surface area (Å²) >= 11 is 3.23. The topological polar surface area (TPSA) is 41.1 Å². The van der Waals surface area contributed by atoms with Gasteiger partial charge in [-0.25, -0.2) is 4.39 Å². The van der Waals surface area contributed by atoms with Crippen LogP contribution in [0.2, 0.25) is 0 Å². The summed E-state index contributed by atoms with van der Waals surface area (Å²) < 4.78 is 14.2. The number of piperidine rings is 1. The Labute approximate surface area is 108 Å². The molecule has 0 atom stereocenters. The highest BCUT2D eigenvalue weighted by Crippen LogP contribution is 2.16. The monoisotopic (exact) mass is 300 g/mol. The van der Waals surface area contributed by atoms with E-state index in [0.717, 1.165) is 25.9 Å². The van der Waals surface area contributed by atoms with Crippen LogP contribution in [0.25, 0.3) is 0 Å². The van der Waals surface area contributed by atoms with E-state index in [1.54, 1.807) is 6.07 Å². The van der Waals surface area contributed by atoms with Crippen molar-refractivity contribution in [2.75, 3.05) is 13.1 Å². The summed E-state index contributed by atoms with van der Waals surface area (Å²) in [6, 6.07) is 4.52. The van der Waals surface area contributed by atoms with Crippen molar-refractivity contribution in [2.45, 2.75) is 18.9 Å². The van der Waals surface area contributed by atoms with E-state index in [9.17, 15) is 9.18 Å². The molecule has 2 N–H and O–H groups in total. The van der Waals surface area contributed by atoms with E-state index in [1.165, 1.54) is 12.1 Å². The number of rotatable bonds is 2. The van der Waals surface area contributed by atoms with Crippen LogP contribution >= 0.6 is 15.9 Å². The highest BCUT2D eigenvalue weighted by molar-refractivity contribution is 9.10. The summed E-state index contributed by atoms with van der Waals surface area (Å²) in [6.07, 6.45) is 1.78. The number of benzene rings is 1. The lowest BCUT2D eigenvalue weighted by molar-refractivity contribution is 0.0925. The first-order valence-corrected chi connectivity index (χ1v) is 6.43. The average Bonchev–Trinajstić information content (AvgIpc) is 2.33. The molecule has 0 unspecified atom stereocenters. The Hall–Kier alpha value is -0.940. The Kier molecular flexibility index (Phi) is 4.12. The second-order valence-electron chi connectivity index (χ2n) is 4.12. The maximum Gasteiger partial charge on any atom is 0.254 e. The first kappa shape index (κ1) is 12.5. The molecule has 17 heavy (non-hydrogen) atoms. The van der Waals surface area contributed by atoms with E-state index in [1.807, 2.05) is 0 Å². The molecular weight excluding hydrogens is 287 g/mol. The highest BCUT2D eigenvalue weighted by Gasteiger charge is 2.18. The Morgan fingerprint density at radius 3 is 2.82 bits per heavy atom. The minimum absolute atomic E-state index is 0.0953. The van der Waals surface area contributed by atoms with Gasteiger partial charge in [0.1, 0.15) is 5.82 Å². The van der Waals surface area contributed by atoms with Crippen molar-refractivity contribution in [3.63, 3.8) is 0 Å². The molecule has 0 radical (unpaired) electrons. The third-order valence-corrected chi connectivity index (χ3v) is 3.34. The Bertz CT molecular complexity index is 419. The molecule has 1 aliphatic rings. The van der Waals surface area contributed by atoms with Gasteiger partial charge in [0, 0.05) is 10.5 Å². The van der Waals surface area contributed by atoms with Gasteiger partial charge >= 0.3 is 0 Å². The molecule has 1 aliphatic heterocycles. The molecule has 1 amide bonds. The summed E-state index contributed by atoms with van der Waals surface area (Å²) in [5.74, 6) is -0.824. The lowest BCUT2D eigenvalue weighted by atomic mass is 10.1. The van der Waals surface area contributed by atoms with Crippen molar-refractivity contribution in [2.24, 2.45) is 0 Å². The van der Waals surface area contributed by atoms with Crippen molar-refractivity contribution >= 4 is 21.8 Å². The van der Waals surface area contributed by atoms with Crippen LogP contribution in [-0.4, -0.2) is 25.0 Å². The van der Waals surface area contributed by atoms with Crippen molar-refractivity contribution in [3.05, 3.63) is 34.1 Å². The van der Waals surface area contributed by atoms with Crippen LogP contribution in [0.5, 0.6) is 0 Å². The fourth-order valence-corrected chi connectivity index (χ4v) is 2.26. The van der Waals surface area contributed by atoms with E-state index in [4.69, 9.17) is 0 Å². The standard InChI is InChI=1S/C12H14BrFN2O/c13-8-1-2-11(14)10(7-8)12(17)16-9-3-5-15-6-4-9/h1-2,7,9,15H,3-6H2,(H,16,17). The summed E-state index contributed by atoms with van der Waals surface area (Å²) in [7, 11) is 0. The second kappa shape index (κ2) is 5.60. The maximum absolute atomic E-state index is 13.5. The summed E-state index contributed by atoms with van der Waals surface area (Å²) in [4.78, 5) is 11.9. The van der Waals surface area contributed by atoms with Crippen molar-refractivity contribution in [3.8, 4) is 0 Å². The Morgan fingerprint density at radius 1 is 1.41 bits per heavy atom. The van der Waals surface area contributed by atoms with Crippen LogP contribution in [0.3, 0.4) is 0 Å². The minimum Gasteiger partial charge on any atom is -0.349 e.